The van der Waals surface area contributed by atoms with Gasteiger partial charge >= 0.3 is 0 Å². The van der Waals surface area contributed by atoms with E-state index in [4.69, 9.17) is 14.4 Å². The van der Waals surface area contributed by atoms with Crippen LogP contribution in [0, 0.1) is 5.82 Å². The number of anilines is 2. The normalized spacial score (nSPS) is 10.9. The molecule has 2 heterocycles. The molecule has 5 aromatic rings. The summed E-state index contributed by atoms with van der Waals surface area (Å²) < 4.78 is 19.1. The minimum atomic E-state index is -0.400. The van der Waals surface area contributed by atoms with Crippen molar-refractivity contribution >= 4 is 28.3 Å². The molecule has 0 aliphatic carbocycles. The number of benzene rings is 3. The van der Waals surface area contributed by atoms with E-state index in [-0.39, 0.29) is 12.3 Å². The number of nitrogens with zero attached hydrogens (tertiary/aromatic N) is 3. The van der Waals surface area contributed by atoms with E-state index >= 15 is 0 Å². The zero-order valence-corrected chi connectivity index (χ0v) is 18.9. The second-order valence-electron chi connectivity index (χ2n) is 8.06. The second-order valence-corrected chi connectivity index (χ2v) is 8.06. The van der Waals surface area contributed by atoms with Gasteiger partial charge in [0.25, 0.3) is 0 Å². The zero-order chi connectivity index (χ0) is 24.0. The average molecular weight is 467 g/mol. The predicted octanol–water partition coefficient (Wildman–Crippen LogP) is 6.06. The van der Waals surface area contributed by atoms with Crippen molar-refractivity contribution in [2.24, 2.45) is 0 Å². The summed E-state index contributed by atoms with van der Waals surface area (Å²) in [6.07, 6.45) is 1.80. The summed E-state index contributed by atoms with van der Waals surface area (Å²) in [5.74, 6) is 1.45. The van der Waals surface area contributed by atoms with E-state index in [9.17, 15) is 9.18 Å². The molecule has 0 saturated heterocycles. The van der Waals surface area contributed by atoms with Crippen molar-refractivity contribution in [2.75, 3.05) is 16.8 Å². The number of furan rings is 1. The first-order chi connectivity index (χ1) is 17.2. The summed E-state index contributed by atoms with van der Waals surface area (Å²) >= 11 is 0. The molecular formula is C28H23FN4O2. The van der Waals surface area contributed by atoms with E-state index < -0.39 is 5.82 Å². The Morgan fingerprint density at radius 1 is 0.914 bits per heavy atom. The lowest BCUT2D eigenvalue weighted by Crippen LogP contribution is -2.28. The third-order valence-corrected chi connectivity index (χ3v) is 5.56. The monoisotopic (exact) mass is 466 g/mol. The third kappa shape index (κ3) is 5.35. The number of amides is 1. The summed E-state index contributed by atoms with van der Waals surface area (Å²) in [4.78, 5) is 24.4. The van der Waals surface area contributed by atoms with Gasteiger partial charge in [-0.05, 0) is 42.5 Å². The zero-order valence-electron chi connectivity index (χ0n) is 18.9. The molecule has 3 aromatic carbocycles. The van der Waals surface area contributed by atoms with Crippen molar-refractivity contribution in [3.05, 3.63) is 109 Å². The maximum atomic E-state index is 13.5. The fourth-order valence-electron chi connectivity index (χ4n) is 3.89. The number of carbonyl (C=O) groups excluding carboxylic acids is 1. The Balaban J connectivity index is 1.47. The summed E-state index contributed by atoms with van der Waals surface area (Å²) in [5, 5.41) is 3.64. The van der Waals surface area contributed by atoms with Gasteiger partial charge in [0.2, 0.25) is 5.91 Å². The molecule has 0 fully saturated rings. The number of hydrogen-bond donors (Lipinski definition) is 1. The molecule has 35 heavy (non-hydrogen) atoms. The highest BCUT2D eigenvalue weighted by molar-refractivity contribution is 5.93. The SMILES string of the molecule is O=C(CCN(Cc1ccco1)c1nc(-c2ccccc2)nc2ccccc12)Nc1cccc(F)c1. The summed E-state index contributed by atoms with van der Waals surface area (Å²) in [7, 11) is 0. The van der Waals surface area contributed by atoms with Crippen LogP contribution in [0.1, 0.15) is 12.2 Å². The van der Waals surface area contributed by atoms with Crippen LogP contribution in [0.5, 0.6) is 0 Å². The summed E-state index contributed by atoms with van der Waals surface area (Å²) in [5.41, 5.74) is 2.14. The van der Waals surface area contributed by atoms with Gasteiger partial charge in [0, 0.05) is 29.6 Å². The van der Waals surface area contributed by atoms with E-state index in [0.717, 1.165) is 22.2 Å². The first-order valence-electron chi connectivity index (χ1n) is 11.3. The van der Waals surface area contributed by atoms with Crippen LogP contribution in [0.2, 0.25) is 0 Å². The number of fused-ring (bicyclic) bond motifs is 1. The van der Waals surface area contributed by atoms with Gasteiger partial charge in [-0.3, -0.25) is 4.79 Å². The molecule has 0 aliphatic rings. The predicted molar refractivity (Wildman–Crippen MR) is 134 cm³/mol. The number of nitrogens with one attached hydrogen (secondary N) is 1. The van der Waals surface area contributed by atoms with E-state index in [1.165, 1.54) is 12.1 Å². The molecule has 0 spiro atoms. The van der Waals surface area contributed by atoms with Gasteiger partial charge in [0.05, 0.1) is 18.3 Å². The average Bonchev–Trinajstić information content (AvgIpc) is 3.40. The van der Waals surface area contributed by atoms with E-state index in [2.05, 4.69) is 5.32 Å². The first-order valence-corrected chi connectivity index (χ1v) is 11.3. The summed E-state index contributed by atoms with van der Waals surface area (Å²) in [6.45, 7) is 0.798. The fourth-order valence-corrected chi connectivity index (χ4v) is 3.89. The topological polar surface area (TPSA) is 71.3 Å². The molecule has 0 radical (unpaired) electrons. The van der Waals surface area contributed by atoms with Gasteiger partial charge < -0.3 is 14.6 Å². The van der Waals surface area contributed by atoms with Crippen molar-refractivity contribution in [1.29, 1.82) is 0 Å². The molecule has 0 aliphatic heterocycles. The second kappa shape index (κ2) is 10.2. The Hall–Kier alpha value is -4.52. The Bertz CT molecular complexity index is 1440. The number of rotatable bonds is 8. The molecule has 174 valence electrons. The highest BCUT2D eigenvalue weighted by Gasteiger charge is 2.18. The van der Waals surface area contributed by atoms with Gasteiger partial charge in [-0.1, -0.05) is 48.5 Å². The first kappa shape index (κ1) is 22.3. The molecule has 0 atom stereocenters. The lowest BCUT2D eigenvalue weighted by molar-refractivity contribution is -0.116. The Morgan fingerprint density at radius 2 is 1.74 bits per heavy atom. The minimum Gasteiger partial charge on any atom is -0.467 e. The Morgan fingerprint density at radius 3 is 2.54 bits per heavy atom. The van der Waals surface area contributed by atoms with E-state index in [1.54, 1.807) is 18.4 Å². The van der Waals surface area contributed by atoms with Crippen LogP contribution in [0.4, 0.5) is 15.9 Å². The van der Waals surface area contributed by atoms with Crippen LogP contribution in [-0.2, 0) is 11.3 Å². The van der Waals surface area contributed by atoms with Crippen LogP contribution < -0.4 is 10.2 Å². The number of hydrogen-bond acceptors (Lipinski definition) is 5. The molecule has 1 N–H and O–H groups in total. The molecule has 0 saturated carbocycles. The molecule has 6 nitrogen and oxygen atoms in total. The highest BCUT2D eigenvalue weighted by Crippen LogP contribution is 2.29. The molecule has 0 bridgehead atoms. The lowest BCUT2D eigenvalue weighted by atomic mass is 10.1. The third-order valence-electron chi connectivity index (χ3n) is 5.56. The maximum absolute atomic E-state index is 13.5. The molecule has 7 heteroatoms. The van der Waals surface area contributed by atoms with Gasteiger partial charge in [0.15, 0.2) is 5.82 Å². The van der Waals surface area contributed by atoms with Gasteiger partial charge in [-0.15, -0.1) is 0 Å². The van der Waals surface area contributed by atoms with Crippen molar-refractivity contribution < 1.29 is 13.6 Å². The Kier molecular flexibility index (Phi) is 6.48. The molecule has 2 aromatic heterocycles. The number of aromatic nitrogens is 2. The van der Waals surface area contributed by atoms with Crippen LogP contribution in [0.25, 0.3) is 22.3 Å². The van der Waals surface area contributed by atoms with Gasteiger partial charge in [0.1, 0.15) is 17.4 Å². The van der Waals surface area contributed by atoms with Crippen molar-refractivity contribution in [3.8, 4) is 11.4 Å². The smallest absolute Gasteiger partial charge is 0.226 e. The largest absolute Gasteiger partial charge is 0.467 e. The van der Waals surface area contributed by atoms with Crippen LogP contribution in [0.15, 0.2) is 102 Å². The number of carbonyl (C=O) groups is 1. The van der Waals surface area contributed by atoms with Crippen molar-refractivity contribution in [3.63, 3.8) is 0 Å². The number of para-hydroxylation sites is 1. The van der Waals surface area contributed by atoms with Crippen LogP contribution in [0.3, 0.4) is 0 Å². The molecule has 0 unspecified atom stereocenters. The van der Waals surface area contributed by atoms with Crippen molar-refractivity contribution in [2.45, 2.75) is 13.0 Å². The summed E-state index contributed by atoms with van der Waals surface area (Å²) in [6, 6.07) is 27.2. The highest BCUT2D eigenvalue weighted by atomic mass is 19.1. The van der Waals surface area contributed by atoms with E-state index in [1.807, 2.05) is 71.6 Å². The molecule has 1 amide bonds. The standard InChI is InChI=1S/C28H23FN4O2/c29-21-10-6-11-22(18-21)30-26(34)15-16-33(19-23-12-7-17-35-23)28-24-13-4-5-14-25(24)31-27(32-28)20-8-2-1-3-9-20/h1-14,17-18H,15-16,19H2,(H,30,34). The molecule has 5 rings (SSSR count). The van der Waals surface area contributed by atoms with Crippen molar-refractivity contribution in [1.82, 2.24) is 9.97 Å². The maximum Gasteiger partial charge on any atom is 0.226 e. The minimum absolute atomic E-state index is 0.177. The number of halogens is 1. The fraction of sp³-hybridized carbons (Fsp3) is 0.107. The van der Waals surface area contributed by atoms with E-state index in [0.29, 0.717) is 30.4 Å². The van der Waals surface area contributed by atoms with Gasteiger partial charge in [-0.2, -0.15) is 0 Å². The quantitative estimate of drug-likeness (QED) is 0.301. The van der Waals surface area contributed by atoms with Gasteiger partial charge in [-0.25, -0.2) is 14.4 Å². The lowest BCUT2D eigenvalue weighted by Gasteiger charge is -2.24. The Labute approximate surface area is 202 Å². The van der Waals surface area contributed by atoms with Crippen LogP contribution >= 0.6 is 0 Å². The van der Waals surface area contributed by atoms with Crippen LogP contribution in [-0.4, -0.2) is 22.4 Å². The molecular weight excluding hydrogens is 443 g/mol.